The molecular weight excluding hydrogens is 252 g/mol. The van der Waals surface area contributed by atoms with Crippen LogP contribution in [0.5, 0.6) is 0 Å². The number of thiol groups is 1. The van der Waals surface area contributed by atoms with Gasteiger partial charge in [0.15, 0.2) is 10.7 Å². The van der Waals surface area contributed by atoms with E-state index >= 15 is 0 Å². The van der Waals surface area contributed by atoms with E-state index in [0.717, 1.165) is 12.8 Å². The highest BCUT2D eigenvalue weighted by Crippen LogP contribution is 2.12. The fourth-order valence-corrected chi connectivity index (χ4v) is 2.24. The van der Waals surface area contributed by atoms with Crippen LogP contribution in [0, 0.1) is 0 Å². The molecule has 0 saturated carbocycles. The Kier molecular flexibility index (Phi) is 3.99. The Morgan fingerprint density at radius 2 is 2.17 bits per heavy atom. The molecule has 0 radical (unpaired) electrons. The molecule has 0 spiro atoms. The van der Waals surface area contributed by atoms with Gasteiger partial charge in [-0.2, -0.15) is 0 Å². The molecule has 1 aliphatic rings. The number of nitrogens with one attached hydrogen (secondary N) is 2. The lowest BCUT2D eigenvalue weighted by atomic mass is 10.3. The van der Waals surface area contributed by atoms with Gasteiger partial charge in [0.25, 0.3) is 0 Å². The first-order valence-corrected chi connectivity index (χ1v) is 6.81. The lowest BCUT2D eigenvalue weighted by Gasteiger charge is -2.12. The van der Waals surface area contributed by atoms with E-state index in [1.54, 1.807) is 12.1 Å². The average molecular weight is 266 g/mol. The Morgan fingerprint density at radius 1 is 1.33 bits per heavy atom. The lowest BCUT2D eigenvalue weighted by molar-refractivity contribution is 0.250. The summed E-state index contributed by atoms with van der Waals surface area (Å²) in [5, 5.41) is 5.40. The largest absolute Gasteiger partial charge is 0.332 e. The minimum atomic E-state index is -2.63. The molecule has 2 N–H and O–H groups in total. The van der Waals surface area contributed by atoms with Crippen LogP contribution in [-0.4, -0.2) is 20.5 Å². The summed E-state index contributed by atoms with van der Waals surface area (Å²) in [4.78, 5) is 11.8. The van der Waals surface area contributed by atoms with Crippen LogP contribution in [0.25, 0.3) is 0 Å². The number of urea groups is 1. The first-order chi connectivity index (χ1) is 8.65. The molecule has 1 aromatic carbocycles. The molecule has 1 aliphatic carbocycles. The number of hydrogen-bond acceptors (Lipinski definition) is 3. The van der Waals surface area contributed by atoms with Crippen LogP contribution in [0.3, 0.4) is 0 Å². The van der Waals surface area contributed by atoms with Gasteiger partial charge in [-0.05, 0) is 31.0 Å². The zero-order chi connectivity index (χ0) is 13.0. The number of carbonyl (C=O) groups excluding carboxylic acids is 1. The predicted molar refractivity (Wildman–Crippen MR) is 69.3 cm³/mol. The van der Waals surface area contributed by atoms with E-state index in [2.05, 4.69) is 10.6 Å². The van der Waals surface area contributed by atoms with Crippen molar-refractivity contribution in [3.05, 3.63) is 36.4 Å². The third-order valence-electron chi connectivity index (χ3n) is 2.64. The van der Waals surface area contributed by atoms with Gasteiger partial charge in [-0.15, -0.1) is 0 Å². The molecule has 0 heterocycles. The molecule has 18 heavy (non-hydrogen) atoms. The Hall–Kier alpha value is -1.82. The van der Waals surface area contributed by atoms with E-state index in [1.165, 1.54) is 12.1 Å². The monoisotopic (exact) mass is 266 g/mol. The molecule has 0 aliphatic heterocycles. The number of amides is 2. The topological polar surface area (TPSA) is 75.3 Å². The van der Waals surface area contributed by atoms with Crippen molar-refractivity contribution in [2.24, 2.45) is 0 Å². The number of rotatable bonds is 3. The Morgan fingerprint density at radius 3 is 2.83 bits per heavy atom. The van der Waals surface area contributed by atoms with Crippen molar-refractivity contribution < 1.29 is 13.2 Å². The third kappa shape index (κ3) is 3.33. The van der Waals surface area contributed by atoms with E-state index in [0.29, 0.717) is 5.69 Å². The van der Waals surface area contributed by atoms with Gasteiger partial charge < -0.3 is 10.6 Å². The van der Waals surface area contributed by atoms with Crippen LogP contribution in [0.1, 0.15) is 12.8 Å². The summed E-state index contributed by atoms with van der Waals surface area (Å²) in [6.07, 6.45) is 5.84. The third-order valence-corrected chi connectivity index (χ3v) is 3.34. The lowest BCUT2D eigenvalue weighted by Crippen LogP contribution is -2.35. The molecule has 96 valence electrons. The molecule has 2 amide bonds. The molecule has 6 heteroatoms. The van der Waals surface area contributed by atoms with Gasteiger partial charge in [-0.3, -0.25) is 0 Å². The van der Waals surface area contributed by atoms with Crippen LogP contribution >= 0.6 is 0 Å². The number of carbonyl (C=O) groups is 1. The van der Waals surface area contributed by atoms with Gasteiger partial charge >= 0.3 is 6.03 Å². The van der Waals surface area contributed by atoms with Crippen LogP contribution in [0.2, 0.25) is 0 Å². The van der Waals surface area contributed by atoms with E-state index < -0.39 is 10.7 Å². The normalized spacial score (nSPS) is 17.9. The summed E-state index contributed by atoms with van der Waals surface area (Å²) in [5.41, 5.74) is 0.464. The minimum Gasteiger partial charge on any atom is -0.332 e. The molecule has 5 nitrogen and oxygen atoms in total. The second kappa shape index (κ2) is 5.68. The van der Waals surface area contributed by atoms with Crippen molar-refractivity contribution in [1.29, 1.82) is 0 Å². The van der Waals surface area contributed by atoms with Crippen LogP contribution in [0.15, 0.2) is 41.3 Å². The highest BCUT2D eigenvalue weighted by atomic mass is 32.2. The number of hydrogen-bond donors (Lipinski definition) is 3. The molecule has 0 fully saturated rings. The number of anilines is 1. The van der Waals surface area contributed by atoms with Crippen molar-refractivity contribution in [2.45, 2.75) is 23.8 Å². The smallest absolute Gasteiger partial charge is 0.319 e. The van der Waals surface area contributed by atoms with Crippen molar-refractivity contribution in [2.75, 3.05) is 5.32 Å². The van der Waals surface area contributed by atoms with E-state index in [1.807, 2.05) is 12.2 Å². The van der Waals surface area contributed by atoms with Crippen molar-refractivity contribution in [1.82, 2.24) is 5.32 Å². The number of benzene rings is 1. The Bertz CT molecular complexity index is 544. The quantitative estimate of drug-likeness (QED) is 0.573. The maximum atomic E-state index is 11.6. The molecule has 1 aromatic rings. The molecule has 0 aromatic heterocycles. The zero-order valence-electron chi connectivity index (χ0n) is 9.63. The summed E-state index contributed by atoms with van der Waals surface area (Å²) in [6.45, 7) is 0. The van der Waals surface area contributed by atoms with Gasteiger partial charge in [-0.1, -0.05) is 18.2 Å². The maximum Gasteiger partial charge on any atom is 0.319 e. The summed E-state index contributed by atoms with van der Waals surface area (Å²) in [6, 6.07) is 5.87. The van der Waals surface area contributed by atoms with E-state index in [9.17, 15) is 13.2 Å². The van der Waals surface area contributed by atoms with Crippen molar-refractivity contribution in [3.8, 4) is 0 Å². The highest BCUT2D eigenvalue weighted by molar-refractivity contribution is 7.72. The first kappa shape index (κ1) is 12.6. The standard InChI is InChI=1S/C12H14N2O3S/c15-12(13-9-4-1-2-5-9)14-10-6-3-7-11(8-10)18(16)17/h1,3-4,6-9,18H,2,5H2,(H2,13,14,15). The average Bonchev–Trinajstić information content (AvgIpc) is 2.82. The SMILES string of the molecule is O=C(Nc1cccc([SH](=O)=O)c1)NC1C=CCC1. The first-order valence-electron chi connectivity index (χ1n) is 5.64. The van der Waals surface area contributed by atoms with E-state index in [-0.39, 0.29) is 17.0 Å². The summed E-state index contributed by atoms with van der Waals surface area (Å²) >= 11 is 0. The van der Waals surface area contributed by atoms with Gasteiger partial charge in [-0.25, -0.2) is 13.2 Å². The molecular formula is C12H14N2O3S. The Balaban J connectivity index is 1.98. The van der Waals surface area contributed by atoms with Gasteiger partial charge in [0.05, 0.1) is 4.90 Å². The van der Waals surface area contributed by atoms with Crippen LogP contribution < -0.4 is 10.6 Å². The van der Waals surface area contributed by atoms with Crippen LogP contribution in [-0.2, 0) is 10.7 Å². The summed E-state index contributed by atoms with van der Waals surface area (Å²) in [5.74, 6) is 0. The second-order valence-corrected chi connectivity index (χ2v) is 5.05. The summed E-state index contributed by atoms with van der Waals surface area (Å²) < 4.78 is 21.6. The highest BCUT2D eigenvalue weighted by Gasteiger charge is 2.12. The second-order valence-electron chi connectivity index (χ2n) is 4.02. The zero-order valence-corrected chi connectivity index (χ0v) is 10.5. The minimum absolute atomic E-state index is 0.0596. The van der Waals surface area contributed by atoms with E-state index in [4.69, 9.17) is 0 Å². The summed E-state index contributed by atoms with van der Waals surface area (Å²) in [7, 11) is -2.63. The molecule has 0 saturated heterocycles. The van der Waals surface area contributed by atoms with Crippen molar-refractivity contribution >= 4 is 22.4 Å². The van der Waals surface area contributed by atoms with Gasteiger partial charge in [0.1, 0.15) is 0 Å². The van der Waals surface area contributed by atoms with Crippen molar-refractivity contribution in [3.63, 3.8) is 0 Å². The fourth-order valence-electron chi connectivity index (χ4n) is 1.79. The molecule has 1 unspecified atom stereocenters. The maximum absolute atomic E-state index is 11.6. The Labute approximate surface area is 107 Å². The van der Waals surface area contributed by atoms with Gasteiger partial charge in [0.2, 0.25) is 0 Å². The molecule has 0 bridgehead atoms. The van der Waals surface area contributed by atoms with Gasteiger partial charge in [0, 0.05) is 11.7 Å². The predicted octanol–water partition coefficient (Wildman–Crippen LogP) is 1.50. The van der Waals surface area contributed by atoms with Crippen LogP contribution in [0.4, 0.5) is 10.5 Å². The molecule has 2 rings (SSSR count). The number of allylic oxidation sites excluding steroid dienone is 1. The molecule has 1 atom stereocenters. The fraction of sp³-hybridized carbons (Fsp3) is 0.250.